The van der Waals surface area contributed by atoms with Crippen LogP contribution in [0.25, 0.3) is 0 Å². The predicted octanol–water partition coefficient (Wildman–Crippen LogP) is 2.45. The van der Waals surface area contributed by atoms with Crippen molar-refractivity contribution in [1.29, 1.82) is 0 Å². The standard InChI is InChI=1S/C14H16O4/c1-2-12(14(16)17)18-13-8-4-5-9-10(13)6-3-7-11(9)15/h4-5,8,12H,2-3,6-7H2,1H3,(H,16,17). The van der Waals surface area contributed by atoms with Crippen LogP contribution in [-0.4, -0.2) is 23.0 Å². The molecule has 1 aromatic carbocycles. The second-order valence-corrected chi connectivity index (χ2v) is 4.41. The van der Waals surface area contributed by atoms with Crippen LogP contribution in [0.2, 0.25) is 0 Å². The Bertz CT molecular complexity index is 479. The number of hydrogen-bond donors (Lipinski definition) is 1. The van der Waals surface area contributed by atoms with Crippen molar-refractivity contribution in [3.8, 4) is 5.75 Å². The first kappa shape index (κ1) is 12.6. The minimum atomic E-state index is -0.975. The van der Waals surface area contributed by atoms with E-state index in [0.717, 1.165) is 18.4 Å². The van der Waals surface area contributed by atoms with E-state index in [-0.39, 0.29) is 5.78 Å². The van der Waals surface area contributed by atoms with Crippen LogP contribution in [0.4, 0.5) is 0 Å². The van der Waals surface area contributed by atoms with Gasteiger partial charge in [0.15, 0.2) is 11.9 Å². The van der Waals surface area contributed by atoms with Gasteiger partial charge >= 0.3 is 5.97 Å². The summed E-state index contributed by atoms with van der Waals surface area (Å²) in [7, 11) is 0. The molecule has 0 spiro atoms. The first-order chi connectivity index (χ1) is 8.63. The number of hydrogen-bond acceptors (Lipinski definition) is 3. The summed E-state index contributed by atoms with van der Waals surface area (Å²) in [4.78, 5) is 22.7. The van der Waals surface area contributed by atoms with Gasteiger partial charge in [0, 0.05) is 17.5 Å². The van der Waals surface area contributed by atoms with E-state index >= 15 is 0 Å². The van der Waals surface area contributed by atoms with Crippen molar-refractivity contribution in [3.63, 3.8) is 0 Å². The summed E-state index contributed by atoms with van der Waals surface area (Å²) in [5.74, 6) is -0.322. The highest BCUT2D eigenvalue weighted by molar-refractivity contribution is 5.99. The highest BCUT2D eigenvalue weighted by Gasteiger charge is 2.23. The number of aliphatic carboxylic acids is 1. The van der Waals surface area contributed by atoms with Gasteiger partial charge in [-0.05, 0) is 25.3 Å². The molecule has 96 valence electrons. The molecule has 0 fully saturated rings. The number of carboxylic acid groups (broad SMARTS) is 1. The largest absolute Gasteiger partial charge is 0.479 e. The maximum absolute atomic E-state index is 11.8. The molecule has 0 saturated heterocycles. The van der Waals surface area contributed by atoms with Gasteiger partial charge in [0.05, 0.1) is 0 Å². The fourth-order valence-electron chi connectivity index (χ4n) is 2.22. The second kappa shape index (κ2) is 5.21. The first-order valence-electron chi connectivity index (χ1n) is 6.18. The van der Waals surface area contributed by atoms with Crippen molar-refractivity contribution >= 4 is 11.8 Å². The highest BCUT2D eigenvalue weighted by Crippen LogP contribution is 2.30. The lowest BCUT2D eigenvalue weighted by atomic mass is 9.90. The SMILES string of the molecule is CCC(Oc1cccc2c1CCCC2=O)C(=O)O. The van der Waals surface area contributed by atoms with E-state index in [2.05, 4.69) is 0 Å². The molecule has 4 heteroatoms. The summed E-state index contributed by atoms with van der Waals surface area (Å²) in [6.45, 7) is 1.76. The van der Waals surface area contributed by atoms with Gasteiger partial charge in [0.2, 0.25) is 0 Å². The molecule has 1 aliphatic rings. The number of fused-ring (bicyclic) bond motifs is 1. The molecule has 18 heavy (non-hydrogen) atoms. The van der Waals surface area contributed by atoms with Gasteiger partial charge < -0.3 is 9.84 Å². The van der Waals surface area contributed by atoms with Gasteiger partial charge in [-0.3, -0.25) is 4.79 Å². The van der Waals surface area contributed by atoms with Crippen molar-refractivity contribution in [3.05, 3.63) is 29.3 Å². The van der Waals surface area contributed by atoms with Crippen LogP contribution in [0, 0.1) is 0 Å². The molecule has 0 aliphatic heterocycles. The van der Waals surface area contributed by atoms with Gasteiger partial charge in [-0.25, -0.2) is 4.79 Å². The predicted molar refractivity (Wildman–Crippen MR) is 66.1 cm³/mol. The topological polar surface area (TPSA) is 63.6 Å². The van der Waals surface area contributed by atoms with E-state index in [1.54, 1.807) is 25.1 Å². The Balaban J connectivity index is 2.31. The molecule has 0 amide bonds. The van der Waals surface area contributed by atoms with Gasteiger partial charge in [-0.15, -0.1) is 0 Å². The summed E-state index contributed by atoms with van der Waals surface area (Å²) >= 11 is 0. The Morgan fingerprint density at radius 2 is 2.22 bits per heavy atom. The van der Waals surface area contributed by atoms with Crippen LogP contribution in [-0.2, 0) is 11.2 Å². The van der Waals surface area contributed by atoms with Crippen molar-refractivity contribution in [2.75, 3.05) is 0 Å². The lowest BCUT2D eigenvalue weighted by Crippen LogP contribution is -2.27. The molecule has 0 saturated carbocycles. The molecule has 1 atom stereocenters. The van der Waals surface area contributed by atoms with Gasteiger partial charge in [-0.1, -0.05) is 19.1 Å². The van der Waals surface area contributed by atoms with Crippen molar-refractivity contribution in [2.24, 2.45) is 0 Å². The van der Waals surface area contributed by atoms with E-state index < -0.39 is 12.1 Å². The van der Waals surface area contributed by atoms with Crippen LogP contribution in [0.15, 0.2) is 18.2 Å². The van der Waals surface area contributed by atoms with E-state index in [1.165, 1.54) is 0 Å². The van der Waals surface area contributed by atoms with Crippen LogP contribution in [0.3, 0.4) is 0 Å². The van der Waals surface area contributed by atoms with E-state index in [1.807, 2.05) is 0 Å². The van der Waals surface area contributed by atoms with Crippen molar-refractivity contribution in [1.82, 2.24) is 0 Å². The van der Waals surface area contributed by atoms with Crippen LogP contribution >= 0.6 is 0 Å². The molecule has 1 aliphatic carbocycles. The number of rotatable bonds is 4. The number of ether oxygens (including phenoxy) is 1. The summed E-state index contributed by atoms with van der Waals surface area (Å²) in [6.07, 6.45) is 1.68. The highest BCUT2D eigenvalue weighted by atomic mass is 16.5. The van der Waals surface area contributed by atoms with Gasteiger partial charge in [0.25, 0.3) is 0 Å². The third-order valence-corrected chi connectivity index (χ3v) is 3.18. The minimum absolute atomic E-state index is 0.116. The molecule has 1 aromatic rings. The molecule has 0 bridgehead atoms. The molecule has 0 heterocycles. The molecular formula is C14H16O4. The Morgan fingerprint density at radius 3 is 2.89 bits per heavy atom. The third-order valence-electron chi connectivity index (χ3n) is 3.18. The van der Waals surface area contributed by atoms with E-state index in [9.17, 15) is 9.59 Å². The molecule has 4 nitrogen and oxygen atoms in total. The van der Waals surface area contributed by atoms with Gasteiger partial charge in [0.1, 0.15) is 5.75 Å². The third kappa shape index (κ3) is 2.37. The van der Waals surface area contributed by atoms with Crippen molar-refractivity contribution in [2.45, 2.75) is 38.7 Å². The normalized spacial score (nSPS) is 15.9. The maximum atomic E-state index is 11.8. The number of carboxylic acids is 1. The number of carbonyl (C=O) groups excluding carboxylic acids is 1. The molecule has 0 radical (unpaired) electrons. The number of ketones is 1. The van der Waals surface area contributed by atoms with E-state index in [0.29, 0.717) is 24.2 Å². The Labute approximate surface area is 106 Å². The fourth-order valence-corrected chi connectivity index (χ4v) is 2.22. The number of Topliss-reactive ketones (excluding diaryl/α,β-unsaturated/α-hetero) is 1. The Kier molecular flexibility index (Phi) is 3.65. The lowest BCUT2D eigenvalue weighted by Gasteiger charge is -2.21. The molecular weight excluding hydrogens is 232 g/mol. The molecule has 2 rings (SSSR count). The molecule has 0 aromatic heterocycles. The van der Waals surface area contributed by atoms with Crippen LogP contribution in [0.5, 0.6) is 5.75 Å². The van der Waals surface area contributed by atoms with Gasteiger partial charge in [-0.2, -0.15) is 0 Å². The number of carbonyl (C=O) groups is 2. The summed E-state index contributed by atoms with van der Waals surface area (Å²) < 4.78 is 5.52. The van der Waals surface area contributed by atoms with Crippen LogP contribution in [0.1, 0.15) is 42.1 Å². The first-order valence-corrected chi connectivity index (χ1v) is 6.18. The monoisotopic (exact) mass is 248 g/mol. The van der Waals surface area contributed by atoms with Crippen molar-refractivity contribution < 1.29 is 19.4 Å². The van der Waals surface area contributed by atoms with Crippen LogP contribution < -0.4 is 4.74 Å². The summed E-state index contributed by atoms with van der Waals surface area (Å²) in [6, 6.07) is 5.26. The maximum Gasteiger partial charge on any atom is 0.344 e. The summed E-state index contributed by atoms with van der Waals surface area (Å²) in [5, 5.41) is 9.00. The zero-order chi connectivity index (χ0) is 13.1. The van der Waals surface area contributed by atoms with E-state index in [4.69, 9.17) is 9.84 Å². The Hall–Kier alpha value is -1.84. The minimum Gasteiger partial charge on any atom is -0.479 e. The second-order valence-electron chi connectivity index (χ2n) is 4.41. The zero-order valence-corrected chi connectivity index (χ0v) is 10.3. The summed E-state index contributed by atoms with van der Waals surface area (Å²) in [5.41, 5.74) is 1.53. The number of benzene rings is 1. The molecule has 1 N–H and O–H groups in total. The Morgan fingerprint density at radius 1 is 1.44 bits per heavy atom. The average Bonchev–Trinajstić information content (AvgIpc) is 2.36. The quantitative estimate of drug-likeness (QED) is 0.888. The molecule has 1 unspecified atom stereocenters. The fraction of sp³-hybridized carbons (Fsp3) is 0.429. The smallest absolute Gasteiger partial charge is 0.344 e. The lowest BCUT2D eigenvalue weighted by molar-refractivity contribution is -0.145. The zero-order valence-electron chi connectivity index (χ0n) is 10.3. The average molecular weight is 248 g/mol.